The fourth-order valence-electron chi connectivity index (χ4n) is 2.84. The first kappa shape index (κ1) is 17.6. The first-order chi connectivity index (χ1) is 12.0. The van der Waals surface area contributed by atoms with Gasteiger partial charge in [-0.25, -0.2) is 9.97 Å². The van der Waals surface area contributed by atoms with Crippen molar-refractivity contribution in [1.29, 1.82) is 0 Å². The Morgan fingerprint density at radius 1 is 1.20 bits per heavy atom. The van der Waals surface area contributed by atoms with Crippen LogP contribution in [0.4, 0.5) is 11.6 Å². The molecule has 0 aliphatic carbocycles. The molecule has 132 valence electrons. The van der Waals surface area contributed by atoms with Gasteiger partial charge in [0.25, 0.3) is 5.91 Å². The molecule has 0 atom stereocenters. The lowest BCUT2D eigenvalue weighted by Gasteiger charge is -2.34. The van der Waals surface area contributed by atoms with Gasteiger partial charge >= 0.3 is 0 Å². The molecule has 1 aliphatic heterocycles. The summed E-state index contributed by atoms with van der Waals surface area (Å²) >= 11 is 5.96. The van der Waals surface area contributed by atoms with Gasteiger partial charge in [-0.15, -0.1) is 0 Å². The summed E-state index contributed by atoms with van der Waals surface area (Å²) in [4.78, 5) is 26.0. The van der Waals surface area contributed by atoms with E-state index in [-0.39, 0.29) is 5.91 Å². The Morgan fingerprint density at radius 3 is 2.64 bits per heavy atom. The van der Waals surface area contributed by atoms with E-state index in [1.807, 2.05) is 6.92 Å². The average molecular weight is 360 g/mol. The second kappa shape index (κ2) is 7.80. The van der Waals surface area contributed by atoms with Crippen LogP contribution in [0.3, 0.4) is 0 Å². The molecular weight excluding hydrogens is 338 g/mol. The summed E-state index contributed by atoms with van der Waals surface area (Å²) in [6.07, 6.45) is 0. The quantitative estimate of drug-likeness (QED) is 0.909. The molecule has 0 unspecified atom stereocenters. The van der Waals surface area contributed by atoms with Crippen molar-refractivity contribution < 1.29 is 4.79 Å². The number of aryl methyl sites for hydroxylation is 1. The largest absolute Gasteiger partial charge is 0.338 e. The Morgan fingerprint density at radius 2 is 1.96 bits per heavy atom. The SMILES string of the molecule is CCN1CCN(c2nc(C)cc(C(=O)Nc3cccc(Cl)c3)n2)CC1. The van der Waals surface area contributed by atoms with Crippen LogP contribution in [0.25, 0.3) is 0 Å². The number of hydrogen-bond acceptors (Lipinski definition) is 5. The number of piperazine rings is 1. The molecule has 7 heteroatoms. The predicted molar refractivity (Wildman–Crippen MR) is 101 cm³/mol. The first-order valence-electron chi connectivity index (χ1n) is 8.45. The number of carbonyl (C=O) groups excluding carboxylic acids is 1. The molecule has 0 radical (unpaired) electrons. The zero-order chi connectivity index (χ0) is 17.8. The van der Waals surface area contributed by atoms with Crippen LogP contribution < -0.4 is 10.2 Å². The second-order valence-electron chi connectivity index (χ2n) is 6.08. The minimum Gasteiger partial charge on any atom is -0.338 e. The lowest BCUT2D eigenvalue weighted by atomic mass is 10.2. The van der Waals surface area contributed by atoms with Crippen molar-refractivity contribution in [2.45, 2.75) is 13.8 Å². The van der Waals surface area contributed by atoms with E-state index in [2.05, 4.69) is 32.0 Å². The zero-order valence-corrected chi connectivity index (χ0v) is 15.3. The third-order valence-corrected chi connectivity index (χ3v) is 4.49. The Balaban J connectivity index is 1.76. The van der Waals surface area contributed by atoms with E-state index < -0.39 is 0 Å². The van der Waals surface area contributed by atoms with Crippen LogP contribution >= 0.6 is 11.6 Å². The number of nitrogens with one attached hydrogen (secondary N) is 1. The molecule has 6 nitrogen and oxygen atoms in total. The lowest BCUT2D eigenvalue weighted by molar-refractivity contribution is 0.102. The number of aromatic nitrogens is 2. The van der Waals surface area contributed by atoms with Crippen molar-refractivity contribution >= 4 is 29.1 Å². The van der Waals surface area contributed by atoms with Gasteiger partial charge in [0.15, 0.2) is 0 Å². The highest BCUT2D eigenvalue weighted by molar-refractivity contribution is 6.30. The van der Waals surface area contributed by atoms with Crippen molar-refractivity contribution in [3.8, 4) is 0 Å². The zero-order valence-electron chi connectivity index (χ0n) is 14.5. The van der Waals surface area contributed by atoms with E-state index in [0.29, 0.717) is 22.4 Å². The van der Waals surface area contributed by atoms with Crippen LogP contribution in [0.5, 0.6) is 0 Å². The third kappa shape index (κ3) is 4.46. The van der Waals surface area contributed by atoms with Gasteiger partial charge in [0.05, 0.1) is 0 Å². The van der Waals surface area contributed by atoms with Gasteiger partial charge in [0, 0.05) is 42.6 Å². The summed E-state index contributed by atoms with van der Waals surface area (Å²) < 4.78 is 0. The van der Waals surface area contributed by atoms with Crippen molar-refractivity contribution in [2.75, 3.05) is 42.9 Å². The summed E-state index contributed by atoms with van der Waals surface area (Å²) in [6, 6.07) is 8.76. The van der Waals surface area contributed by atoms with Crippen LogP contribution in [0, 0.1) is 6.92 Å². The molecule has 25 heavy (non-hydrogen) atoms. The average Bonchev–Trinajstić information content (AvgIpc) is 2.61. The maximum atomic E-state index is 12.5. The Kier molecular flexibility index (Phi) is 5.50. The number of halogens is 1. The number of anilines is 2. The summed E-state index contributed by atoms with van der Waals surface area (Å²) in [5.74, 6) is 0.355. The minimum absolute atomic E-state index is 0.263. The van der Waals surface area contributed by atoms with Gasteiger partial charge in [-0.1, -0.05) is 24.6 Å². The van der Waals surface area contributed by atoms with Gasteiger partial charge in [-0.2, -0.15) is 0 Å². The fourth-order valence-corrected chi connectivity index (χ4v) is 3.03. The number of rotatable bonds is 4. The molecule has 1 N–H and O–H groups in total. The summed E-state index contributed by atoms with van der Waals surface area (Å²) in [5, 5.41) is 3.41. The van der Waals surface area contributed by atoms with Gasteiger partial charge in [0.2, 0.25) is 5.95 Å². The van der Waals surface area contributed by atoms with Gasteiger partial charge < -0.3 is 15.1 Å². The smallest absolute Gasteiger partial charge is 0.274 e. The molecule has 2 aromatic rings. The molecule has 0 spiro atoms. The predicted octanol–water partition coefficient (Wildman–Crippen LogP) is 2.83. The molecule has 1 fully saturated rings. The molecule has 1 aromatic heterocycles. The molecule has 2 heterocycles. The van der Waals surface area contributed by atoms with E-state index in [9.17, 15) is 4.79 Å². The van der Waals surface area contributed by atoms with Crippen molar-refractivity contribution in [2.24, 2.45) is 0 Å². The number of hydrogen-bond donors (Lipinski definition) is 1. The first-order valence-corrected chi connectivity index (χ1v) is 8.83. The highest BCUT2D eigenvalue weighted by Gasteiger charge is 2.20. The standard InChI is InChI=1S/C18H22ClN5O/c1-3-23-7-9-24(10-8-23)18-20-13(2)11-16(22-18)17(25)21-15-6-4-5-14(19)12-15/h4-6,11-12H,3,7-10H2,1-2H3,(H,21,25). The van der Waals surface area contributed by atoms with E-state index in [1.165, 1.54) is 0 Å². The van der Waals surface area contributed by atoms with E-state index in [4.69, 9.17) is 11.6 Å². The van der Waals surface area contributed by atoms with Crippen LogP contribution in [0.1, 0.15) is 23.1 Å². The second-order valence-corrected chi connectivity index (χ2v) is 6.52. The molecule has 0 saturated carbocycles. The molecule has 1 aliphatic rings. The number of nitrogens with zero attached hydrogens (tertiary/aromatic N) is 4. The number of carbonyl (C=O) groups is 1. The van der Waals surface area contributed by atoms with Gasteiger partial charge in [-0.05, 0) is 37.7 Å². The fraction of sp³-hybridized carbons (Fsp3) is 0.389. The Hall–Kier alpha value is -2.18. The summed E-state index contributed by atoms with van der Waals surface area (Å²) in [5.41, 5.74) is 1.78. The highest BCUT2D eigenvalue weighted by atomic mass is 35.5. The third-order valence-electron chi connectivity index (χ3n) is 4.26. The van der Waals surface area contributed by atoms with Crippen LogP contribution in [-0.4, -0.2) is 53.5 Å². The van der Waals surface area contributed by atoms with Crippen molar-refractivity contribution in [3.05, 3.63) is 46.7 Å². The Bertz CT molecular complexity index is 759. The molecule has 0 bridgehead atoms. The highest BCUT2D eigenvalue weighted by Crippen LogP contribution is 2.17. The van der Waals surface area contributed by atoms with Crippen LogP contribution in [-0.2, 0) is 0 Å². The molecular formula is C18H22ClN5O. The van der Waals surface area contributed by atoms with Crippen molar-refractivity contribution in [3.63, 3.8) is 0 Å². The summed E-state index contributed by atoms with van der Waals surface area (Å²) in [7, 11) is 0. The van der Waals surface area contributed by atoms with E-state index in [0.717, 1.165) is 38.4 Å². The van der Waals surface area contributed by atoms with Gasteiger partial charge in [0.1, 0.15) is 5.69 Å². The minimum atomic E-state index is -0.263. The van der Waals surface area contributed by atoms with Crippen molar-refractivity contribution in [1.82, 2.24) is 14.9 Å². The number of likely N-dealkylation sites (N-methyl/N-ethyl adjacent to an activating group) is 1. The number of amides is 1. The normalized spacial score (nSPS) is 15.2. The topological polar surface area (TPSA) is 61.4 Å². The maximum Gasteiger partial charge on any atom is 0.274 e. The van der Waals surface area contributed by atoms with Gasteiger partial charge in [-0.3, -0.25) is 4.79 Å². The van der Waals surface area contributed by atoms with Crippen LogP contribution in [0.2, 0.25) is 5.02 Å². The maximum absolute atomic E-state index is 12.5. The van der Waals surface area contributed by atoms with Crippen LogP contribution in [0.15, 0.2) is 30.3 Å². The molecule has 1 saturated heterocycles. The van der Waals surface area contributed by atoms with E-state index in [1.54, 1.807) is 30.3 Å². The molecule has 3 rings (SSSR count). The lowest BCUT2D eigenvalue weighted by Crippen LogP contribution is -2.47. The Labute approximate surface area is 152 Å². The summed E-state index contributed by atoms with van der Waals surface area (Å²) in [6.45, 7) is 8.80. The molecule has 1 amide bonds. The monoisotopic (exact) mass is 359 g/mol. The number of benzene rings is 1. The molecule has 1 aromatic carbocycles. The van der Waals surface area contributed by atoms with E-state index >= 15 is 0 Å².